The zero-order valence-corrected chi connectivity index (χ0v) is 11.2. The van der Waals surface area contributed by atoms with Gasteiger partial charge in [-0.2, -0.15) is 11.8 Å². The number of aliphatic carboxylic acids is 1. The average Bonchev–Trinajstić information content (AvgIpc) is 2.40. The fourth-order valence-corrected chi connectivity index (χ4v) is 3.21. The van der Waals surface area contributed by atoms with Crippen molar-refractivity contribution < 1.29 is 14.6 Å². The number of benzene rings is 1. The van der Waals surface area contributed by atoms with E-state index >= 15 is 0 Å². The lowest BCUT2D eigenvalue weighted by atomic mass is 10.1. The minimum absolute atomic E-state index is 0.395. The molecule has 1 unspecified atom stereocenters. The van der Waals surface area contributed by atoms with E-state index in [1.165, 1.54) is 0 Å². The summed E-state index contributed by atoms with van der Waals surface area (Å²) in [6.45, 7) is 1.43. The van der Waals surface area contributed by atoms with E-state index in [2.05, 4.69) is 0 Å². The number of hydrogen-bond acceptors (Lipinski definition) is 4. The summed E-state index contributed by atoms with van der Waals surface area (Å²) < 4.78 is 5.30. The van der Waals surface area contributed by atoms with E-state index < -0.39 is 12.0 Å². The Balaban J connectivity index is 2.13. The molecule has 1 aromatic carbocycles. The molecule has 1 fully saturated rings. The molecule has 1 N–H and O–H groups in total. The second kappa shape index (κ2) is 6.11. The molecule has 0 radical (unpaired) electrons. The lowest BCUT2D eigenvalue weighted by Crippen LogP contribution is -2.46. The van der Waals surface area contributed by atoms with Crippen molar-refractivity contribution in [2.75, 3.05) is 25.2 Å². The minimum Gasteiger partial charge on any atom is -0.496 e. The summed E-state index contributed by atoms with van der Waals surface area (Å²) in [5.41, 5.74) is 1.04. The largest absolute Gasteiger partial charge is 0.496 e. The van der Waals surface area contributed by atoms with Gasteiger partial charge in [0.05, 0.1) is 7.11 Å². The Morgan fingerprint density at radius 3 is 3.06 bits per heavy atom. The molecule has 1 aliphatic rings. The highest BCUT2D eigenvalue weighted by atomic mass is 32.2. The average molecular weight is 267 g/mol. The van der Waals surface area contributed by atoms with Gasteiger partial charge in [-0.15, -0.1) is 0 Å². The second-order valence-corrected chi connectivity index (χ2v) is 5.36. The van der Waals surface area contributed by atoms with Gasteiger partial charge in [-0.05, 0) is 6.07 Å². The predicted octanol–water partition coefficient (Wildman–Crippen LogP) is 1.70. The molecule has 98 valence electrons. The summed E-state index contributed by atoms with van der Waals surface area (Å²) in [5.74, 6) is 1.72. The van der Waals surface area contributed by atoms with Gasteiger partial charge in [-0.25, -0.2) is 0 Å². The zero-order valence-electron chi connectivity index (χ0n) is 10.3. The molecule has 0 spiro atoms. The summed E-state index contributed by atoms with van der Waals surface area (Å²) in [6, 6.07) is 7.37. The van der Waals surface area contributed by atoms with Crippen LogP contribution in [-0.2, 0) is 11.3 Å². The quantitative estimate of drug-likeness (QED) is 0.899. The molecule has 18 heavy (non-hydrogen) atoms. The highest BCUT2D eigenvalue weighted by molar-refractivity contribution is 7.99. The molecule has 1 atom stereocenters. The van der Waals surface area contributed by atoms with E-state index in [-0.39, 0.29) is 0 Å². The van der Waals surface area contributed by atoms with Gasteiger partial charge >= 0.3 is 5.97 Å². The van der Waals surface area contributed by atoms with Crippen molar-refractivity contribution in [1.29, 1.82) is 0 Å². The highest BCUT2D eigenvalue weighted by Gasteiger charge is 2.29. The van der Waals surface area contributed by atoms with Gasteiger partial charge in [0.25, 0.3) is 0 Å². The van der Waals surface area contributed by atoms with Crippen molar-refractivity contribution >= 4 is 17.7 Å². The first-order valence-corrected chi connectivity index (χ1v) is 7.04. The summed E-state index contributed by atoms with van der Waals surface area (Å²) in [6.07, 6.45) is 0. The van der Waals surface area contributed by atoms with Gasteiger partial charge in [-0.3, -0.25) is 9.69 Å². The third kappa shape index (κ3) is 2.97. The van der Waals surface area contributed by atoms with Crippen LogP contribution < -0.4 is 4.74 Å². The number of para-hydroxylation sites is 1. The number of carbonyl (C=O) groups is 1. The van der Waals surface area contributed by atoms with Crippen LogP contribution in [0.5, 0.6) is 5.75 Å². The summed E-state index contributed by atoms with van der Waals surface area (Å²) >= 11 is 1.70. The topological polar surface area (TPSA) is 49.8 Å². The van der Waals surface area contributed by atoms with Gasteiger partial charge in [0.15, 0.2) is 0 Å². The molecule has 0 amide bonds. The predicted molar refractivity (Wildman–Crippen MR) is 72.2 cm³/mol. The van der Waals surface area contributed by atoms with Crippen LogP contribution in [0.25, 0.3) is 0 Å². The summed E-state index contributed by atoms with van der Waals surface area (Å²) in [4.78, 5) is 13.2. The number of thioether (sulfide) groups is 1. The van der Waals surface area contributed by atoms with Crippen molar-refractivity contribution in [2.45, 2.75) is 12.6 Å². The zero-order chi connectivity index (χ0) is 13.0. The van der Waals surface area contributed by atoms with Crippen LogP contribution in [-0.4, -0.2) is 47.2 Å². The third-order valence-corrected chi connectivity index (χ3v) is 4.11. The van der Waals surface area contributed by atoms with Crippen molar-refractivity contribution in [3.8, 4) is 5.75 Å². The lowest BCUT2D eigenvalue weighted by Gasteiger charge is -2.32. The normalized spacial score (nSPS) is 20.6. The minimum atomic E-state index is -0.739. The smallest absolute Gasteiger partial charge is 0.321 e. The Kier molecular flexibility index (Phi) is 4.49. The number of rotatable bonds is 4. The molecular weight excluding hydrogens is 250 g/mol. The molecule has 0 bridgehead atoms. The van der Waals surface area contributed by atoms with Crippen molar-refractivity contribution in [3.05, 3.63) is 29.8 Å². The van der Waals surface area contributed by atoms with E-state index in [9.17, 15) is 9.90 Å². The monoisotopic (exact) mass is 267 g/mol. The molecule has 0 aromatic heterocycles. The SMILES string of the molecule is COc1ccccc1CN1CCSCC1C(=O)O. The molecule has 1 heterocycles. The molecule has 1 aliphatic heterocycles. The second-order valence-electron chi connectivity index (χ2n) is 4.21. The Morgan fingerprint density at radius 2 is 2.33 bits per heavy atom. The van der Waals surface area contributed by atoms with Crippen molar-refractivity contribution in [3.63, 3.8) is 0 Å². The molecule has 0 saturated carbocycles. The van der Waals surface area contributed by atoms with Gasteiger partial charge in [0, 0.05) is 30.2 Å². The van der Waals surface area contributed by atoms with Crippen LogP contribution in [0, 0.1) is 0 Å². The number of hydrogen-bond donors (Lipinski definition) is 1. The van der Waals surface area contributed by atoms with Crippen LogP contribution in [0.1, 0.15) is 5.56 Å². The standard InChI is InChI=1S/C13H17NO3S/c1-17-12-5-3-2-4-10(12)8-14-6-7-18-9-11(14)13(15)16/h2-5,11H,6-9H2,1H3,(H,15,16). The van der Waals surface area contributed by atoms with Crippen LogP contribution in [0.2, 0.25) is 0 Å². The molecule has 1 saturated heterocycles. The molecular formula is C13H17NO3S. The Bertz CT molecular complexity index is 424. The fourth-order valence-electron chi connectivity index (χ4n) is 2.11. The first-order valence-electron chi connectivity index (χ1n) is 5.89. The molecule has 1 aromatic rings. The van der Waals surface area contributed by atoms with E-state index in [0.717, 1.165) is 23.6 Å². The number of carboxylic acids is 1. The maximum absolute atomic E-state index is 11.2. The first-order chi connectivity index (χ1) is 8.72. The molecule has 4 nitrogen and oxygen atoms in total. The highest BCUT2D eigenvalue weighted by Crippen LogP contribution is 2.23. The van der Waals surface area contributed by atoms with Crippen molar-refractivity contribution in [2.24, 2.45) is 0 Å². The van der Waals surface area contributed by atoms with Crippen LogP contribution in [0.4, 0.5) is 0 Å². The number of methoxy groups -OCH3 is 1. The van der Waals surface area contributed by atoms with E-state index in [0.29, 0.717) is 12.3 Å². The molecule has 5 heteroatoms. The number of carboxylic acid groups (broad SMARTS) is 1. The number of ether oxygens (including phenoxy) is 1. The van der Waals surface area contributed by atoms with Crippen LogP contribution in [0.3, 0.4) is 0 Å². The number of nitrogens with zero attached hydrogens (tertiary/aromatic N) is 1. The third-order valence-electron chi connectivity index (χ3n) is 3.09. The Morgan fingerprint density at radius 1 is 1.56 bits per heavy atom. The van der Waals surface area contributed by atoms with Gasteiger partial charge in [0.2, 0.25) is 0 Å². The van der Waals surface area contributed by atoms with Crippen LogP contribution >= 0.6 is 11.8 Å². The summed E-state index contributed by atoms with van der Waals surface area (Å²) in [5, 5.41) is 9.23. The van der Waals surface area contributed by atoms with Crippen molar-refractivity contribution in [1.82, 2.24) is 4.90 Å². The molecule has 0 aliphatic carbocycles. The Hall–Kier alpha value is -1.20. The van der Waals surface area contributed by atoms with Gasteiger partial charge < -0.3 is 9.84 Å². The molecule has 2 rings (SSSR count). The maximum atomic E-state index is 11.2. The lowest BCUT2D eigenvalue weighted by molar-refractivity contribution is -0.142. The van der Waals surface area contributed by atoms with E-state index in [1.807, 2.05) is 29.2 Å². The van der Waals surface area contributed by atoms with E-state index in [1.54, 1.807) is 18.9 Å². The van der Waals surface area contributed by atoms with Gasteiger partial charge in [0.1, 0.15) is 11.8 Å². The van der Waals surface area contributed by atoms with Crippen LogP contribution in [0.15, 0.2) is 24.3 Å². The van der Waals surface area contributed by atoms with Gasteiger partial charge in [-0.1, -0.05) is 18.2 Å². The fraction of sp³-hybridized carbons (Fsp3) is 0.462. The first kappa shape index (κ1) is 13.2. The summed E-state index contributed by atoms with van der Waals surface area (Å²) in [7, 11) is 1.64. The maximum Gasteiger partial charge on any atom is 0.321 e. The van der Waals surface area contributed by atoms with E-state index in [4.69, 9.17) is 4.74 Å². The Labute approximate surface area is 111 Å².